The van der Waals surface area contributed by atoms with Crippen LogP contribution >= 0.6 is 0 Å². The molecular formula is C26H18N2. The zero-order valence-corrected chi connectivity index (χ0v) is 15.2. The Bertz CT molecular complexity index is 1420. The second-order valence-corrected chi connectivity index (χ2v) is 7.22. The Hall–Kier alpha value is -3.78. The predicted molar refractivity (Wildman–Crippen MR) is 119 cm³/mol. The third-order valence-electron chi connectivity index (χ3n) is 5.57. The number of aromatic amines is 2. The fourth-order valence-corrected chi connectivity index (χ4v) is 4.26. The van der Waals surface area contributed by atoms with Crippen LogP contribution in [-0.2, 0) is 0 Å². The molecule has 0 radical (unpaired) electrons. The van der Waals surface area contributed by atoms with Gasteiger partial charge in [0.15, 0.2) is 0 Å². The van der Waals surface area contributed by atoms with Crippen LogP contribution < -0.4 is 0 Å². The van der Waals surface area contributed by atoms with Crippen molar-refractivity contribution in [1.82, 2.24) is 9.97 Å². The highest BCUT2D eigenvalue weighted by atomic mass is 14.7. The molecule has 28 heavy (non-hydrogen) atoms. The van der Waals surface area contributed by atoms with Crippen LogP contribution in [0, 0.1) is 0 Å². The summed E-state index contributed by atoms with van der Waals surface area (Å²) in [5.41, 5.74) is 8.30. The zero-order valence-electron chi connectivity index (χ0n) is 15.2. The summed E-state index contributed by atoms with van der Waals surface area (Å²) < 4.78 is 0. The van der Waals surface area contributed by atoms with Crippen molar-refractivity contribution in [2.75, 3.05) is 0 Å². The van der Waals surface area contributed by atoms with Crippen LogP contribution in [0.4, 0.5) is 0 Å². The molecule has 2 nitrogen and oxygen atoms in total. The summed E-state index contributed by atoms with van der Waals surface area (Å²) in [5, 5.41) is 3.74. The summed E-state index contributed by atoms with van der Waals surface area (Å²) in [7, 11) is 0. The zero-order chi connectivity index (χ0) is 18.5. The van der Waals surface area contributed by atoms with Crippen LogP contribution in [0.25, 0.3) is 55.1 Å². The largest absolute Gasteiger partial charge is 0.354 e. The third-order valence-corrected chi connectivity index (χ3v) is 5.57. The lowest BCUT2D eigenvalue weighted by atomic mass is 9.95. The predicted octanol–water partition coefficient (Wildman–Crippen LogP) is 7.14. The molecule has 0 atom stereocenters. The molecule has 0 spiro atoms. The van der Waals surface area contributed by atoms with Crippen molar-refractivity contribution in [1.29, 1.82) is 0 Å². The number of fused-ring (bicyclic) bond motifs is 4. The molecule has 2 aromatic heterocycles. The maximum absolute atomic E-state index is 3.68. The van der Waals surface area contributed by atoms with Gasteiger partial charge in [-0.1, -0.05) is 78.9 Å². The summed E-state index contributed by atoms with van der Waals surface area (Å²) >= 11 is 0. The molecule has 6 aromatic rings. The minimum Gasteiger partial charge on any atom is -0.354 e. The van der Waals surface area contributed by atoms with Gasteiger partial charge < -0.3 is 9.97 Å². The van der Waals surface area contributed by atoms with Crippen molar-refractivity contribution in [2.24, 2.45) is 0 Å². The maximum Gasteiger partial charge on any atom is 0.0565 e. The quantitative estimate of drug-likeness (QED) is 0.330. The van der Waals surface area contributed by atoms with E-state index in [1.807, 2.05) is 0 Å². The van der Waals surface area contributed by atoms with E-state index < -0.39 is 0 Å². The average Bonchev–Trinajstić information content (AvgIpc) is 3.35. The summed E-state index contributed by atoms with van der Waals surface area (Å²) in [4.78, 5) is 7.32. The van der Waals surface area contributed by atoms with Crippen LogP contribution in [0.15, 0.2) is 97.1 Å². The molecule has 2 heteroatoms. The Morgan fingerprint density at radius 1 is 0.536 bits per heavy atom. The SMILES string of the molecule is c1ccc(-c2ccc3c([nH]c4ccccc43)c2-c2cc3ccccc3[nH]2)cc1. The average molecular weight is 358 g/mol. The highest BCUT2D eigenvalue weighted by molar-refractivity contribution is 6.14. The first kappa shape index (κ1) is 15.3. The Morgan fingerprint density at radius 2 is 1.29 bits per heavy atom. The molecule has 0 aliphatic carbocycles. The topological polar surface area (TPSA) is 31.6 Å². The highest BCUT2D eigenvalue weighted by Crippen LogP contribution is 2.40. The van der Waals surface area contributed by atoms with Gasteiger partial charge in [0.1, 0.15) is 0 Å². The number of hydrogen-bond acceptors (Lipinski definition) is 0. The van der Waals surface area contributed by atoms with Crippen LogP contribution in [0.2, 0.25) is 0 Å². The van der Waals surface area contributed by atoms with E-state index in [-0.39, 0.29) is 0 Å². The molecule has 2 N–H and O–H groups in total. The summed E-state index contributed by atoms with van der Waals surface area (Å²) in [5.74, 6) is 0. The van der Waals surface area contributed by atoms with Gasteiger partial charge >= 0.3 is 0 Å². The van der Waals surface area contributed by atoms with E-state index in [1.165, 1.54) is 43.9 Å². The molecule has 0 saturated heterocycles. The molecule has 0 fully saturated rings. The van der Waals surface area contributed by atoms with Crippen LogP contribution in [-0.4, -0.2) is 9.97 Å². The third kappa shape index (κ3) is 2.21. The van der Waals surface area contributed by atoms with Crippen molar-refractivity contribution in [3.63, 3.8) is 0 Å². The van der Waals surface area contributed by atoms with Gasteiger partial charge in [0, 0.05) is 38.4 Å². The van der Waals surface area contributed by atoms with E-state index >= 15 is 0 Å². The van der Waals surface area contributed by atoms with Gasteiger partial charge in [0.05, 0.1) is 5.52 Å². The van der Waals surface area contributed by atoms with E-state index in [0.29, 0.717) is 0 Å². The van der Waals surface area contributed by atoms with Crippen molar-refractivity contribution in [3.05, 3.63) is 97.1 Å². The standard InChI is InChI=1S/C26H18N2/c1-2-8-17(9-3-1)19-14-15-21-20-11-5-7-13-23(20)28-26(21)25(19)24-16-18-10-4-6-12-22(18)27-24/h1-16,27-28H. The minimum absolute atomic E-state index is 1.14. The number of hydrogen-bond donors (Lipinski definition) is 2. The minimum atomic E-state index is 1.14. The van der Waals surface area contributed by atoms with E-state index in [1.54, 1.807) is 0 Å². The summed E-state index contributed by atoms with van der Waals surface area (Å²) in [6, 6.07) is 34.3. The Kier molecular flexibility index (Phi) is 3.20. The Labute approximate surface area is 162 Å². The van der Waals surface area contributed by atoms with Gasteiger partial charge in [0.25, 0.3) is 0 Å². The summed E-state index contributed by atoms with van der Waals surface area (Å²) in [6.07, 6.45) is 0. The number of H-pyrrole nitrogens is 2. The van der Waals surface area contributed by atoms with E-state index in [4.69, 9.17) is 0 Å². The van der Waals surface area contributed by atoms with Crippen LogP contribution in [0.1, 0.15) is 0 Å². The number of aromatic nitrogens is 2. The van der Waals surface area contributed by atoms with E-state index in [9.17, 15) is 0 Å². The van der Waals surface area contributed by atoms with E-state index in [0.717, 1.165) is 11.2 Å². The molecular weight excluding hydrogens is 340 g/mol. The molecule has 0 unspecified atom stereocenters. The lowest BCUT2D eigenvalue weighted by Crippen LogP contribution is -1.87. The van der Waals surface area contributed by atoms with Crippen molar-refractivity contribution >= 4 is 32.7 Å². The second-order valence-electron chi connectivity index (χ2n) is 7.22. The monoisotopic (exact) mass is 358 g/mol. The van der Waals surface area contributed by atoms with Gasteiger partial charge in [-0.25, -0.2) is 0 Å². The van der Waals surface area contributed by atoms with Crippen LogP contribution in [0.3, 0.4) is 0 Å². The Balaban J connectivity index is 1.76. The highest BCUT2D eigenvalue weighted by Gasteiger charge is 2.16. The number of nitrogens with one attached hydrogen (secondary N) is 2. The van der Waals surface area contributed by atoms with Crippen molar-refractivity contribution in [3.8, 4) is 22.4 Å². The molecule has 0 bridgehead atoms. The molecule has 132 valence electrons. The van der Waals surface area contributed by atoms with Gasteiger partial charge in [-0.3, -0.25) is 0 Å². The fraction of sp³-hybridized carbons (Fsp3) is 0. The van der Waals surface area contributed by atoms with Gasteiger partial charge in [-0.15, -0.1) is 0 Å². The second kappa shape index (κ2) is 5.86. The molecule has 2 heterocycles. The lowest BCUT2D eigenvalue weighted by molar-refractivity contribution is 1.44. The maximum atomic E-state index is 3.68. The normalized spacial score (nSPS) is 11.6. The first-order chi connectivity index (χ1) is 13.9. The van der Waals surface area contributed by atoms with Crippen molar-refractivity contribution < 1.29 is 0 Å². The summed E-state index contributed by atoms with van der Waals surface area (Å²) in [6.45, 7) is 0. The van der Waals surface area contributed by atoms with Gasteiger partial charge in [0.2, 0.25) is 0 Å². The lowest BCUT2D eigenvalue weighted by Gasteiger charge is -2.10. The number of rotatable bonds is 2. The van der Waals surface area contributed by atoms with E-state index in [2.05, 4.69) is 107 Å². The Morgan fingerprint density at radius 3 is 2.14 bits per heavy atom. The first-order valence-corrected chi connectivity index (χ1v) is 9.55. The van der Waals surface area contributed by atoms with Gasteiger partial charge in [-0.05, 0) is 29.3 Å². The molecule has 0 saturated carbocycles. The number of para-hydroxylation sites is 2. The molecule has 0 aliphatic rings. The number of benzene rings is 4. The molecule has 0 aliphatic heterocycles. The fourth-order valence-electron chi connectivity index (χ4n) is 4.26. The molecule has 6 rings (SSSR count). The van der Waals surface area contributed by atoms with Crippen molar-refractivity contribution in [2.45, 2.75) is 0 Å². The first-order valence-electron chi connectivity index (χ1n) is 9.55. The molecule has 4 aromatic carbocycles. The molecule has 0 amide bonds. The smallest absolute Gasteiger partial charge is 0.0565 e. The van der Waals surface area contributed by atoms with Gasteiger partial charge in [-0.2, -0.15) is 0 Å². The van der Waals surface area contributed by atoms with Crippen LogP contribution in [0.5, 0.6) is 0 Å².